The van der Waals surface area contributed by atoms with Gasteiger partial charge in [0.25, 0.3) is 0 Å². The predicted molar refractivity (Wildman–Crippen MR) is 341 cm³/mol. The second kappa shape index (κ2) is 17.0. The first-order chi connectivity index (χ1) is 41.6. The van der Waals surface area contributed by atoms with Crippen LogP contribution in [-0.2, 0) is 0 Å². The monoisotopic (exact) mass is 1070 g/mol. The Balaban J connectivity index is 0.823. The predicted octanol–water partition coefficient (Wildman–Crippen LogP) is 19.9. The molecule has 0 unspecified atom stereocenters. The van der Waals surface area contributed by atoms with Gasteiger partial charge in [-0.2, -0.15) is 0 Å². The van der Waals surface area contributed by atoms with Crippen LogP contribution in [0.1, 0.15) is 0 Å². The Morgan fingerprint density at radius 1 is 0.226 bits per heavy atom. The SMILES string of the molecule is c1cc(-c2nc(-c3ccc(-n4c5ccccc5c5ccc6oc7ccccc7c6c54)cc3)nc(-c3cccc(-n4c5ccccc5c5ccc6oc7ccccc7c6c54)c3)n2)cc(-n2c3ccccc3c3ccc4oc5ccccc5c4c32)c1. The third kappa shape index (κ3) is 6.34. The van der Waals surface area contributed by atoms with Crippen LogP contribution in [0.15, 0.2) is 268 Å². The molecule has 0 fully saturated rings. The molecule has 0 atom stereocenters. The molecule has 0 saturated heterocycles. The Morgan fingerprint density at radius 2 is 0.560 bits per heavy atom. The van der Waals surface area contributed by atoms with E-state index < -0.39 is 0 Å². The van der Waals surface area contributed by atoms with Crippen LogP contribution in [0.4, 0.5) is 0 Å². The average molecular weight is 1080 g/mol. The molecule has 0 bridgehead atoms. The summed E-state index contributed by atoms with van der Waals surface area (Å²) in [6, 6.07) is 89.4. The van der Waals surface area contributed by atoms with Crippen LogP contribution in [0.25, 0.3) is 182 Å². The first-order valence-corrected chi connectivity index (χ1v) is 28.2. The second-order valence-corrected chi connectivity index (χ2v) is 21.8. The molecule has 19 aromatic rings. The van der Waals surface area contributed by atoms with Crippen molar-refractivity contribution in [3.05, 3.63) is 255 Å². The summed E-state index contributed by atoms with van der Waals surface area (Å²) in [5.74, 6) is 1.65. The summed E-state index contributed by atoms with van der Waals surface area (Å²) in [4.78, 5) is 16.3. The van der Waals surface area contributed by atoms with Crippen LogP contribution >= 0.6 is 0 Å². The van der Waals surface area contributed by atoms with Crippen LogP contribution in [0.2, 0.25) is 0 Å². The summed E-state index contributed by atoms with van der Waals surface area (Å²) in [5, 5.41) is 13.4. The minimum atomic E-state index is 0.547. The lowest BCUT2D eigenvalue weighted by Crippen LogP contribution is -2.02. The summed E-state index contributed by atoms with van der Waals surface area (Å²) in [6.07, 6.45) is 0. The van der Waals surface area contributed by atoms with Crippen molar-refractivity contribution >= 4 is 131 Å². The Bertz CT molecular complexity index is 5760. The third-order valence-electron chi connectivity index (χ3n) is 17.3. The molecule has 84 heavy (non-hydrogen) atoms. The van der Waals surface area contributed by atoms with Gasteiger partial charge < -0.3 is 27.0 Å². The number of furan rings is 3. The molecule has 0 aliphatic rings. The second-order valence-electron chi connectivity index (χ2n) is 21.8. The maximum atomic E-state index is 6.50. The van der Waals surface area contributed by atoms with Crippen molar-refractivity contribution in [3.63, 3.8) is 0 Å². The maximum absolute atomic E-state index is 6.50. The molecule has 0 radical (unpaired) electrons. The highest BCUT2D eigenvalue weighted by Crippen LogP contribution is 2.45. The molecule has 0 aliphatic heterocycles. The third-order valence-corrected chi connectivity index (χ3v) is 17.3. The van der Waals surface area contributed by atoms with Gasteiger partial charge in [-0.25, -0.2) is 15.0 Å². The highest BCUT2D eigenvalue weighted by molar-refractivity contribution is 6.27. The standard InChI is InChI=1S/C75H42N6O3/c1-7-25-58-49(19-1)52-35-38-64-67(55-22-4-10-28-61(55)82-64)70(52)79(58)46-33-31-43(32-34-46)73-76-74(44-15-13-17-47(41-44)80-59-26-8-2-20-50(59)53-36-39-65-68(71(53)80)56-23-5-11-29-62(56)83-65)78-75(77-73)45-16-14-18-48(42-45)81-60-27-9-3-21-51(60)54-37-40-66-69(72(54)81)57-24-6-12-30-63(57)84-66/h1-42H. The molecule has 390 valence electrons. The van der Waals surface area contributed by atoms with E-state index in [2.05, 4.69) is 232 Å². The fourth-order valence-corrected chi connectivity index (χ4v) is 13.7. The van der Waals surface area contributed by atoms with Gasteiger partial charge in [0.2, 0.25) is 0 Å². The van der Waals surface area contributed by atoms with Crippen molar-refractivity contribution in [1.82, 2.24) is 28.7 Å². The Hall–Kier alpha value is -11.6. The molecule has 0 spiro atoms. The van der Waals surface area contributed by atoms with E-state index in [-0.39, 0.29) is 0 Å². The molecule has 9 heteroatoms. The number of fused-ring (bicyclic) bond motifs is 21. The van der Waals surface area contributed by atoms with Gasteiger partial charge in [0.15, 0.2) is 17.5 Å². The van der Waals surface area contributed by atoms with Crippen molar-refractivity contribution in [2.24, 2.45) is 0 Å². The summed E-state index contributed by atoms with van der Waals surface area (Å²) < 4.78 is 26.6. The number of hydrogen-bond donors (Lipinski definition) is 0. The zero-order valence-corrected chi connectivity index (χ0v) is 44.7. The Kier molecular flexibility index (Phi) is 9.15. The van der Waals surface area contributed by atoms with Crippen LogP contribution in [0, 0.1) is 0 Å². The Morgan fingerprint density at radius 3 is 0.952 bits per heavy atom. The van der Waals surface area contributed by atoms with Gasteiger partial charge in [-0.15, -0.1) is 0 Å². The lowest BCUT2D eigenvalue weighted by Gasteiger charge is -2.13. The lowest BCUT2D eigenvalue weighted by molar-refractivity contribution is 0.669. The molecular weight excluding hydrogens is 1030 g/mol. The van der Waals surface area contributed by atoms with E-state index in [0.717, 1.165) is 160 Å². The minimum Gasteiger partial charge on any atom is -0.456 e. The Labute approximate surface area is 476 Å². The number of rotatable bonds is 6. The summed E-state index contributed by atoms with van der Waals surface area (Å²) >= 11 is 0. The molecule has 0 N–H and O–H groups in total. The van der Waals surface area contributed by atoms with Crippen LogP contribution in [0.3, 0.4) is 0 Å². The molecule has 0 aliphatic carbocycles. The largest absolute Gasteiger partial charge is 0.456 e. The number of nitrogens with zero attached hydrogens (tertiary/aromatic N) is 6. The van der Waals surface area contributed by atoms with E-state index in [9.17, 15) is 0 Å². The number of para-hydroxylation sites is 6. The number of benzene rings is 12. The summed E-state index contributed by atoms with van der Waals surface area (Å²) in [5.41, 5.74) is 17.2. The fourth-order valence-electron chi connectivity index (χ4n) is 13.7. The molecule has 7 heterocycles. The van der Waals surface area contributed by atoms with Crippen LogP contribution in [0.5, 0.6) is 0 Å². The first-order valence-electron chi connectivity index (χ1n) is 28.2. The summed E-state index contributed by atoms with van der Waals surface area (Å²) in [6.45, 7) is 0. The van der Waals surface area contributed by atoms with Gasteiger partial charge >= 0.3 is 0 Å². The highest BCUT2D eigenvalue weighted by Gasteiger charge is 2.24. The molecule has 9 nitrogen and oxygen atoms in total. The van der Waals surface area contributed by atoms with Gasteiger partial charge in [0.05, 0.1) is 49.3 Å². The molecule has 0 saturated carbocycles. The maximum Gasteiger partial charge on any atom is 0.164 e. The van der Waals surface area contributed by atoms with Gasteiger partial charge in [-0.3, -0.25) is 0 Å². The van der Waals surface area contributed by atoms with E-state index >= 15 is 0 Å². The van der Waals surface area contributed by atoms with Crippen molar-refractivity contribution in [3.8, 4) is 51.2 Å². The topological polar surface area (TPSA) is 92.9 Å². The van der Waals surface area contributed by atoms with Gasteiger partial charge in [0, 0.05) is 82.2 Å². The van der Waals surface area contributed by atoms with E-state index in [1.54, 1.807) is 0 Å². The number of aromatic nitrogens is 6. The first kappa shape index (κ1) is 45.2. The van der Waals surface area contributed by atoms with Crippen molar-refractivity contribution in [2.45, 2.75) is 0 Å². The molecule has 0 amide bonds. The van der Waals surface area contributed by atoms with Gasteiger partial charge in [0.1, 0.15) is 33.5 Å². The minimum absolute atomic E-state index is 0.547. The van der Waals surface area contributed by atoms with Crippen molar-refractivity contribution < 1.29 is 13.3 Å². The van der Waals surface area contributed by atoms with Gasteiger partial charge in [-0.1, -0.05) is 133 Å². The summed E-state index contributed by atoms with van der Waals surface area (Å²) in [7, 11) is 0. The van der Waals surface area contributed by atoms with Crippen LogP contribution < -0.4 is 0 Å². The number of hydrogen-bond acceptors (Lipinski definition) is 6. The van der Waals surface area contributed by atoms with E-state index in [0.29, 0.717) is 17.5 Å². The molecular formula is C75H42N6O3. The van der Waals surface area contributed by atoms with E-state index in [1.165, 1.54) is 5.39 Å². The van der Waals surface area contributed by atoms with Crippen molar-refractivity contribution in [2.75, 3.05) is 0 Å². The molecule has 19 rings (SSSR count). The average Bonchev–Trinajstić information content (AvgIpc) is 3.59. The zero-order chi connectivity index (χ0) is 54.7. The lowest BCUT2D eigenvalue weighted by atomic mass is 10.1. The van der Waals surface area contributed by atoms with Gasteiger partial charge in [-0.05, 0) is 121 Å². The normalized spacial score (nSPS) is 12.3. The van der Waals surface area contributed by atoms with Crippen molar-refractivity contribution in [1.29, 1.82) is 0 Å². The van der Waals surface area contributed by atoms with Crippen LogP contribution in [-0.4, -0.2) is 28.7 Å². The fraction of sp³-hybridized carbons (Fsp3) is 0. The molecule has 12 aromatic carbocycles. The van der Waals surface area contributed by atoms with E-state index in [4.69, 9.17) is 28.2 Å². The smallest absolute Gasteiger partial charge is 0.164 e. The molecule has 7 aromatic heterocycles. The quantitative estimate of drug-likeness (QED) is 0.165. The highest BCUT2D eigenvalue weighted by atomic mass is 16.3. The zero-order valence-electron chi connectivity index (χ0n) is 44.7. The van der Waals surface area contributed by atoms with E-state index in [1.807, 2.05) is 36.4 Å².